The number of benzene rings is 1. The summed E-state index contributed by atoms with van der Waals surface area (Å²) in [6, 6.07) is 6.12. The van der Waals surface area contributed by atoms with Gasteiger partial charge in [0.2, 0.25) is 0 Å². The van der Waals surface area contributed by atoms with E-state index in [1.165, 1.54) is 11.1 Å². The lowest BCUT2D eigenvalue weighted by atomic mass is 10.1. The first-order chi connectivity index (χ1) is 6.31. The van der Waals surface area contributed by atoms with Gasteiger partial charge in [0, 0.05) is 0 Å². The van der Waals surface area contributed by atoms with Gasteiger partial charge in [0.05, 0.1) is 6.61 Å². The minimum Gasteiger partial charge on any atom is -0.494 e. The predicted molar refractivity (Wildman–Crippen MR) is 57.1 cm³/mol. The summed E-state index contributed by atoms with van der Waals surface area (Å²) in [6.45, 7) is 8.62. The molecule has 0 saturated heterocycles. The van der Waals surface area contributed by atoms with Crippen molar-refractivity contribution >= 4 is 6.08 Å². The van der Waals surface area contributed by atoms with Gasteiger partial charge in [0.1, 0.15) is 5.75 Å². The van der Waals surface area contributed by atoms with E-state index in [1.54, 1.807) is 0 Å². The summed E-state index contributed by atoms with van der Waals surface area (Å²) < 4.78 is 5.41. The molecule has 1 rings (SSSR count). The van der Waals surface area contributed by atoms with Crippen molar-refractivity contribution in [2.75, 3.05) is 6.61 Å². The van der Waals surface area contributed by atoms with E-state index in [-0.39, 0.29) is 0 Å². The maximum absolute atomic E-state index is 5.41. The van der Waals surface area contributed by atoms with Crippen LogP contribution in [0.4, 0.5) is 0 Å². The number of aryl methyl sites for hydroxylation is 1. The molecular weight excluding hydrogens is 160 g/mol. The van der Waals surface area contributed by atoms with Crippen LogP contribution in [0.5, 0.6) is 5.75 Å². The van der Waals surface area contributed by atoms with Crippen molar-refractivity contribution in [3.8, 4) is 5.75 Å². The summed E-state index contributed by atoms with van der Waals surface area (Å²) in [5, 5.41) is 0. The molecule has 0 amide bonds. The van der Waals surface area contributed by atoms with Crippen LogP contribution in [0.2, 0.25) is 0 Å². The van der Waals surface area contributed by atoms with Crippen LogP contribution in [0, 0.1) is 0 Å². The van der Waals surface area contributed by atoms with Crippen molar-refractivity contribution in [2.24, 2.45) is 0 Å². The van der Waals surface area contributed by atoms with Crippen LogP contribution in [-0.2, 0) is 6.42 Å². The second-order valence-electron chi connectivity index (χ2n) is 2.85. The predicted octanol–water partition coefficient (Wildman–Crippen LogP) is 3.29. The molecule has 0 unspecified atom stereocenters. The fraction of sp³-hybridized carbons (Fsp3) is 0.333. The van der Waals surface area contributed by atoms with Gasteiger partial charge in [-0.05, 0) is 36.6 Å². The molecule has 0 fully saturated rings. The quantitative estimate of drug-likeness (QED) is 0.684. The first-order valence-electron chi connectivity index (χ1n) is 4.70. The van der Waals surface area contributed by atoms with Crippen molar-refractivity contribution in [3.05, 3.63) is 35.9 Å². The number of rotatable bonds is 4. The fourth-order valence-corrected chi connectivity index (χ4v) is 1.34. The Hall–Kier alpha value is -1.24. The highest BCUT2D eigenvalue weighted by molar-refractivity contribution is 5.54. The van der Waals surface area contributed by atoms with E-state index in [9.17, 15) is 0 Å². The van der Waals surface area contributed by atoms with Crippen LogP contribution in [0.1, 0.15) is 25.0 Å². The van der Waals surface area contributed by atoms with Gasteiger partial charge in [-0.1, -0.05) is 25.6 Å². The Labute approximate surface area is 80.0 Å². The normalized spacial score (nSPS) is 9.69. The molecule has 1 aromatic rings. The van der Waals surface area contributed by atoms with Crippen molar-refractivity contribution in [3.63, 3.8) is 0 Å². The third-order valence-corrected chi connectivity index (χ3v) is 2.03. The van der Waals surface area contributed by atoms with Crippen LogP contribution in [0.15, 0.2) is 24.8 Å². The van der Waals surface area contributed by atoms with Crippen LogP contribution < -0.4 is 4.74 Å². The first kappa shape index (κ1) is 9.85. The van der Waals surface area contributed by atoms with Crippen LogP contribution in [0.3, 0.4) is 0 Å². The summed E-state index contributed by atoms with van der Waals surface area (Å²) in [4.78, 5) is 0. The second-order valence-corrected chi connectivity index (χ2v) is 2.85. The molecule has 0 heterocycles. The summed E-state index contributed by atoms with van der Waals surface area (Å²) in [5.74, 6) is 0.949. The molecule has 70 valence electrons. The van der Waals surface area contributed by atoms with Crippen molar-refractivity contribution < 1.29 is 4.74 Å². The minimum atomic E-state index is 0.719. The Morgan fingerprint density at radius 2 is 2.15 bits per heavy atom. The molecule has 0 radical (unpaired) electrons. The molecule has 0 N–H and O–H groups in total. The van der Waals surface area contributed by atoms with E-state index < -0.39 is 0 Å². The highest BCUT2D eigenvalue weighted by atomic mass is 16.5. The molecule has 13 heavy (non-hydrogen) atoms. The molecule has 1 aromatic carbocycles. The standard InChI is InChI=1S/C12H16O/c1-4-10-7-8-12(13-6-3)9-11(10)5-2/h4,7-9H,1,5-6H2,2-3H3. The molecule has 0 aliphatic carbocycles. The van der Waals surface area contributed by atoms with Gasteiger partial charge in [-0.15, -0.1) is 0 Å². The van der Waals surface area contributed by atoms with Gasteiger partial charge >= 0.3 is 0 Å². The molecule has 1 nitrogen and oxygen atoms in total. The lowest BCUT2D eigenvalue weighted by molar-refractivity contribution is 0.340. The fourth-order valence-electron chi connectivity index (χ4n) is 1.34. The molecule has 0 atom stereocenters. The molecule has 0 saturated carbocycles. The van der Waals surface area contributed by atoms with Crippen LogP contribution in [0.25, 0.3) is 6.08 Å². The third-order valence-electron chi connectivity index (χ3n) is 2.03. The molecule has 0 bridgehead atoms. The van der Waals surface area contributed by atoms with Crippen molar-refractivity contribution in [2.45, 2.75) is 20.3 Å². The lowest BCUT2D eigenvalue weighted by Crippen LogP contribution is -1.93. The summed E-state index contributed by atoms with van der Waals surface area (Å²) >= 11 is 0. The lowest BCUT2D eigenvalue weighted by Gasteiger charge is -2.07. The van der Waals surface area contributed by atoms with Crippen molar-refractivity contribution in [1.82, 2.24) is 0 Å². The topological polar surface area (TPSA) is 9.23 Å². The van der Waals surface area contributed by atoms with E-state index in [4.69, 9.17) is 4.74 Å². The smallest absolute Gasteiger partial charge is 0.119 e. The Balaban J connectivity index is 2.98. The number of ether oxygens (including phenoxy) is 1. The third kappa shape index (κ3) is 2.35. The van der Waals surface area contributed by atoms with E-state index in [0.717, 1.165) is 18.8 Å². The van der Waals surface area contributed by atoms with Gasteiger partial charge in [0.25, 0.3) is 0 Å². The number of hydrogen-bond donors (Lipinski definition) is 0. The van der Waals surface area contributed by atoms with E-state index in [1.807, 2.05) is 19.1 Å². The molecule has 1 heteroatoms. The number of hydrogen-bond acceptors (Lipinski definition) is 1. The zero-order valence-corrected chi connectivity index (χ0v) is 8.34. The Bertz CT molecular complexity index is 289. The summed E-state index contributed by atoms with van der Waals surface area (Å²) in [5.41, 5.74) is 2.49. The van der Waals surface area contributed by atoms with Crippen LogP contribution in [-0.4, -0.2) is 6.61 Å². The monoisotopic (exact) mass is 176 g/mol. The Morgan fingerprint density at radius 3 is 2.69 bits per heavy atom. The highest BCUT2D eigenvalue weighted by Crippen LogP contribution is 2.19. The minimum absolute atomic E-state index is 0.719. The Morgan fingerprint density at radius 1 is 1.38 bits per heavy atom. The largest absolute Gasteiger partial charge is 0.494 e. The van der Waals surface area contributed by atoms with Gasteiger partial charge < -0.3 is 4.74 Å². The van der Waals surface area contributed by atoms with Gasteiger partial charge in [-0.25, -0.2) is 0 Å². The highest BCUT2D eigenvalue weighted by Gasteiger charge is 1.99. The first-order valence-corrected chi connectivity index (χ1v) is 4.70. The van der Waals surface area contributed by atoms with E-state index >= 15 is 0 Å². The van der Waals surface area contributed by atoms with Gasteiger partial charge in [-0.2, -0.15) is 0 Å². The molecule has 0 spiro atoms. The van der Waals surface area contributed by atoms with E-state index in [0.29, 0.717) is 0 Å². The molecule has 0 aliphatic rings. The zero-order chi connectivity index (χ0) is 9.68. The van der Waals surface area contributed by atoms with Gasteiger partial charge in [0.15, 0.2) is 0 Å². The Kier molecular flexibility index (Phi) is 3.56. The average Bonchev–Trinajstić information content (AvgIpc) is 2.18. The van der Waals surface area contributed by atoms with Crippen molar-refractivity contribution in [1.29, 1.82) is 0 Å². The second kappa shape index (κ2) is 4.70. The zero-order valence-electron chi connectivity index (χ0n) is 8.34. The average molecular weight is 176 g/mol. The molecule has 0 aromatic heterocycles. The van der Waals surface area contributed by atoms with Crippen LogP contribution >= 0.6 is 0 Å². The van der Waals surface area contributed by atoms with Gasteiger partial charge in [-0.3, -0.25) is 0 Å². The van der Waals surface area contributed by atoms with E-state index in [2.05, 4.69) is 25.6 Å². The summed E-state index contributed by atoms with van der Waals surface area (Å²) in [6.07, 6.45) is 2.90. The molecular formula is C12H16O. The maximum atomic E-state index is 5.41. The molecule has 0 aliphatic heterocycles. The summed E-state index contributed by atoms with van der Waals surface area (Å²) in [7, 11) is 0. The maximum Gasteiger partial charge on any atom is 0.119 e. The SMILES string of the molecule is C=Cc1ccc(OCC)cc1CC.